The van der Waals surface area contributed by atoms with Crippen LogP contribution in [0.1, 0.15) is 6.92 Å². The fraction of sp³-hybridized carbons (Fsp3) is 0.333. The molecule has 90 valence electrons. The highest BCUT2D eigenvalue weighted by atomic mass is 16.4. The number of aliphatic carboxylic acids is 1. The number of para-hydroxylation sites is 2. The van der Waals surface area contributed by atoms with Gasteiger partial charge < -0.3 is 15.3 Å². The van der Waals surface area contributed by atoms with Gasteiger partial charge in [-0.2, -0.15) is 0 Å². The fourth-order valence-corrected chi connectivity index (χ4v) is 1.94. The molecule has 0 aromatic heterocycles. The van der Waals surface area contributed by atoms with Gasteiger partial charge >= 0.3 is 5.97 Å². The summed E-state index contributed by atoms with van der Waals surface area (Å²) >= 11 is 0. The van der Waals surface area contributed by atoms with Crippen molar-refractivity contribution >= 4 is 23.3 Å². The van der Waals surface area contributed by atoms with Crippen LogP contribution in [-0.4, -0.2) is 30.1 Å². The monoisotopic (exact) mass is 234 g/mol. The zero-order valence-electron chi connectivity index (χ0n) is 9.51. The summed E-state index contributed by atoms with van der Waals surface area (Å²) in [5.74, 6) is -1.21. The molecule has 0 fully saturated rings. The van der Waals surface area contributed by atoms with Gasteiger partial charge in [-0.15, -0.1) is 0 Å². The maximum absolute atomic E-state index is 11.7. The molecule has 0 saturated heterocycles. The third-order valence-electron chi connectivity index (χ3n) is 2.77. The predicted octanol–water partition coefficient (Wildman–Crippen LogP) is 1.17. The molecule has 1 unspecified atom stereocenters. The molecule has 0 spiro atoms. The molecule has 17 heavy (non-hydrogen) atoms. The average molecular weight is 234 g/mol. The summed E-state index contributed by atoms with van der Waals surface area (Å²) < 4.78 is 0. The Morgan fingerprint density at radius 3 is 2.94 bits per heavy atom. The van der Waals surface area contributed by atoms with Gasteiger partial charge in [-0.3, -0.25) is 9.59 Å². The van der Waals surface area contributed by atoms with Crippen molar-refractivity contribution in [3.05, 3.63) is 24.3 Å². The van der Waals surface area contributed by atoms with Crippen LogP contribution in [0.4, 0.5) is 11.4 Å². The second-order valence-electron chi connectivity index (χ2n) is 4.18. The summed E-state index contributed by atoms with van der Waals surface area (Å²) in [7, 11) is 0. The molecule has 5 nitrogen and oxygen atoms in total. The third kappa shape index (κ3) is 2.38. The maximum Gasteiger partial charge on any atom is 0.323 e. The van der Waals surface area contributed by atoms with E-state index in [1.165, 1.54) is 0 Å². The zero-order chi connectivity index (χ0) is 12.4. The molecule has 1 aromatic carbocycles. The minimum atomic E-state index is -0.902. The van der Waals surface area contributed by atoms with Crippen LogP contribution >= 0.6 is 0 Å². The van der Waals surface area contributed by atoms with Crippen molar-refractivity contribution in [3.8, 4) is 0 Å². The van der Waals surface area contributed by atoms with Gasteiger partial charge in [0.1, 0.15) is 6.54 Å². The minimum absolute atomic E-state index is 0.0784. The van der Waals surface area contributed by atoms with Crippen molar-refractivity contribution in [3.63, 3.8) is 0 Å². The lowest BCUT2D eigenvalue weighted by molar-refractivity contribution is -0.135. The third-order valence-corrected chi connectivity index (χ3v) is 2.77. The summed E-state index contributed by atoms with van der Waals surface area (Å²) in [6.45, 7) is 2.10. The predicted molar refractivity (Wildman–Crippen MR) is 64.1 cm³/mol. The number of carbonyl (C=O) groups is 2. The van der Waals surface area contributed by atoms with Crippen LogP contribution in [0.15, 0.2) is 24.3 Å². The number of hydrogen-bond acceptors (Lipinski definition) is 3. The van der Waals surface area contributed by atoms with Gasteiger partial charge in [0.25, 0.3) is 0 Å². The van der Waals surface area contributed by atoms with Crippen molar-refractivity contribution in [2.24, 2.45) is 5.92 Å². The molecule has 2 rings (SSSR count). The first-order chi connectivity index (χ1) is 8.08. The Labute approximate surface area is 99.0 Å². The van der Waals surface area contributed by atoms with Gasteiger partial charge in [-0.05, 0) is 12.1 Å². The number of fused-ring (bicyclic) bond motifs is 1. The van der Waals surface area contributed by atoms with Crippen molar-refractivity contribution in [2.45, 2.75) is 6.92 Å². The van der Waals surface area contributed by atoms with Crippen LogP contribution in [0, 0.1) is 5.92 Å². The van der Waals surface area contributed by atoms with Crippen molar-refractivity contribution in [1.82, 2.24) is 0 Å². The van der Waals surface area contributed by atoms with E-state index in [1.54, 1.807) is 17.9 Å². The summed E-state index contributed by atoms with van der Waals surface area (Å²) in [5.41, 5.74) is 1.43. The lowest BCUT2D eigenvalue weighted by Crippen LogP contribution is -2.34. The topological polar surface area (TPSA) is 69.6 Å². The van der Waals surface area contributed by atoms with Gasteiger partial charge in [0.15, 0.2) is 0 Å². The molecule has 2 N–H and O–H groups in total. The molecule has 1 amide bonds. The van der Waals surface area contributed by atoms with Gasteiger partial charge in [0.05, 0.1) is 17.3 Å². The molecule has 1 aliphatic heterocycles. The Kier molecular flexibility index (Phi) is 2.99. The Hall–Kier alpha value is -2.04. The average Bonchev–Trinajstić information content (AvgIpc) is 2.38. The molecule has 1 atom stereocenters. The molecule has 1 heterocycles. The van der Waals surface area contributed by atoms with E-state index in [0.29, 0.717) is 12.2 Å². The van der Waals surface area contributed by atoms with E-state index in [9.17, 15) is 9.59 Å². The number of amides is 1. The van der Waals surface area contributed by atoms with E-state index < -0.39 is 5.97 Å². The summed E-state index contributed by atoms with van der Waals surface area (Å²) in [6.07, 6.45) is 0. The van der Waals surface area contributed by atoms with E-state index in [1.807, 2.05) is 18.2 Å². The molecule has 0 saturated carbocycles. The van der Waals surface area contributed by atoms with E-state index in [4.69, 9.17) is 5.11 Å². The van der Waals surface area contributed by atoms with Crippen LogP contribution in [0.3, 0.4) is 0 Å². The van der Waals surface area contributed by atoms with E-state index in [2.05, 4.69) is 5.32 Å². The minimum Gasteiger partial charge on any atom is -0.480 e. The number of rotatable bonds is 2. The Morgan fingerprint density at radius 1 is 1.53 bits per heavy atom. The molecular weight excluding hydrogens is 220 g/mol. The Bertz CT molecular complexity index is 459. The number of carbonyl (C=O) groups excluding carboxylic acids is 1. The lowest BCUT2D eigenvalue weighted by atomic mass is 10.1. The first kappa shape index (κ1) is 11.4. The van der Waals surface area contributed by atoms with Crippen LogP contribution < -0.4 is 10.2 Å². The van der Waals surface area contributed by atoms with E-state index in [-0.39, 0.29) is 18.4 Å². The SMILES string of the molecule is CC1CN(CC(=O)O)c2ccccc2NC1=O. The van der Waals surface area contributed by atoms with Crippen LogP contribution in [0.25, 0.3) is 0 Å². The lowest BCUT2D eigenvalue weighted by Gasteiger charge is -2.23. The van der Waals surface area contributed by atoms with Gasteiger partial charge in [-0.1, -0.05) is 19.1 Å². The van der Waals surface area contributed by atoms with Gasteiger partial charge in [0.2, 0.25) is 5.91 Å². The highest BCUT2D eigenvalue weighted by Gasteiger charge is 2.25. The van der Waals surface area contributed by atoms with Gasteiger partial charge in [0, 0.05) is 6.54 Å². The first-order valence-corrected chi connectivity index (χ1v) is 5.44. The van der Waals surface area contributed by atoms with Crippen molar-refractivity contribution < 1.29 is 14.7 Å². The second kappa shape index (κ2) is 4.45. The number of carboxylic acid groups (broad SMARTS) is 1. The van der Waals surface area contributed by atoms with Gasteiger partial charge in [-0.25, -0.2) is 0 Å². The smallest absolute Gasteiger partial charge is 0.323 e. The number of carboxylic acids is 1. The second-order valence-corrected chi connectivity index (χ2v) is 4.18. The Balaban J connectivity index is 2.38. The normalized spacial score (nSPS) is 19.2. The fourth-order valence-electron chi connectivity index (χ4n) is 1.94. The number of anilines is 2. The van der Waals surface area contributed by atoms with E-state index >= 15 is 0 Å². The summed E-state index contributed by atoms with van der Waals surface area (Å²) in [4.78, 5) is 24.3. The van der Waals surface area contributed by atoms with Crippen LogP contribution in [-0.2, 0) is 9.59 Å². The van der Waals surface area contributed by atoms with Crippen molar-refractivity contribution in [2.75, 3.05) is 23.3 Å². The number of nitrogens with zero attached hydrogens (tertiary/aromatic N) is 1. The molecule has 5 heteroatoms. The van der Waals surface area contributed by atoms with Crippen LogP contribution in [0.2, 0.25) is 0 Å². The summed E-state index contributed by atoms with van der Waals surface area (Å²) in [6, 6.07) is 7.24. The molecular formula is C12H14N2O3. The molecule has 0 radical (unpaired) electrons. The molecule has 1 aliphatic rings. The standard InChI is InChI=1S/C12H14N2O3/c1-8-6-14(7-11(15)16)10-5-3-2-4-9(10)13-12(8)17/h2-5,8H,6-7H2,1H3,(H,13,17)(H,15,16). The first-order valence-electron chi connectivity index (χ1n) is 5.44. The Morgan fingerprint density at radius 2 is 2.24 bits per heavy atom. The highest BCUT2D eigenvalue weighted by Crippen LogP contribution is 2.29. The quantitative estimate of drug-likeness (QED) is 0.805. The highest BCUT2D eigenvalue weighted by molar-refractivity contribution is 5.98. The molecule has 0 aliphatic carbocycles. The van der Waals surface area contributed by atoms with Crippen LogP contribution in [0.5, 0.6) is 0 Å². The molecule has 1 aromatic rings. The number of nitrogens with one attached hydrogen (secondary N) is 1. The number of hydrogen-bond donors (Lipinski definition) is 2. The van der Waals surface area contributed by atoms with E-state index in [0.717, 1.165) is 5.69 Å². The largest absolute Gasteiger partial charge is 0.480 e. The van der Waals surface area contributed by atoms with Crippen molar-refractivity contribution in [1.29, 1.82) is 0 Å². The molecule has 0 bridgehead atoms. The summed E-state index contributed by atoms with van der Waals surface area (Å²) in [5, 5.41) is 11.7. The maximum atomic E-state index is 11.7. The number of benzene rings is 1. The zero-order valence-corrected chi connectivity index (χ0v) is 9.51.